The van der Waals surface area contributed by atoms with Crippen LogP contribution in [0.2, 0.25) is 5.15 Å². The van der Waals surface area contributed by atoms with Crippen LogP contribution in [0.4, 0.5) is 10.6 Å². The Morgan fingerprint density at radius 1 is 1.24 bits per heavy atom. The number of carbonyl (C=O) groups is 1. The van der Waals surface area contributed by atoms with Crippen molar-refractivity contribution in [3.63, 3.8) is 0 Å². The average molecular weight is 473 g/mol. The zero-order valence-electron chi connectivity index (χ0n) is 18.3. The molecule has 0 bridgehead atoms. The van der Waals surface area contributed by atoms with Gasteiger partial charge in [-0.1, -0.05) is 23.7 Å². The number of hydrogen-bond donors (Lipinski definition) is 3. The second kappa shape index (κ2) is 9.09. The van der Waals surface area contributed by atoms with Gasteiger partial charge in [-0.05, 0) is 55.8 Å². The fourth-order valence-corrected chi connectivity index (χ4v) is 4.34. The van der Waals surface area contributed by atoms with Crippen LogP contribution in [-0.2, 0) is 0 Å². The number of aryl methyl sites for hydroxylation is 1. The van der Waals surface area contributed by atoms with Crippen molar-refractivity contribution < 1.29 is 4.79 Å². The number of urea groups is 1. The molecule has 1 aliphatic rings. The number of nitriles is 1. The molecule has 1 atom stereocenters. The van der Waals surface area contributed by atoms with Crippen LogP contribution in [0.1, 0.15) is 17.7 Å². The van der Waals surface area contributed by atoms with Crippen LogP contribution in [0.25, 0.3) is 28.0 Å². The first-order chi connectivity index (χ1) is 16.5. The zero-order valence-corrected chi connectivity index (χ0v) is 19.1. The molecule has 0 radical (unpaired) electrons. The van der Waals surface area contributed by atoms with E-state index in [1.165, 1.54) is 0 Å². The summed E-state index contributed by atoms with van der Waals surface area (Å²) in [6.45, 7) is 3.50. The standard InChI is InChI=1S/C24H21ClN8O/c1-14-9-17(11-19(25)28-14)21-22(16-4-2-3-15(10-16)12-26)32-33-8-6-20(30-23(21)33)31-24(34)29-18-5-7-27-13-18/h2-4,6,8-11,18,27H,5,7,13H2,1H3,(H2,29,30,31,34)/t18-/m0/s1. The lowest BCUT2D eigenvalue weighted by Gasteiger charge is -2.12. The third kappa shape index (κ3) is 4.41. The summed E-state index contributed by atoms with van der Waals surface area (Å²) in [5, 5.41) is 23.4. The van der Waals surface area contributed by atoms with Crippen LogP contribution < -0.4 is 16.0 Å². The van der Waals surface area contributed by atoms with Gasteiger partial charge in [0, 0.05) is 30.0 Å². The number of carbonyl (C=O) groups excluding carboxylic acids is 1. The number of anilines is 1. The highest BCUT2D eigenvalue weighted by molar-refractivity contribution is 6.29. The van der Waals surface area contributed by atoms with Crippen molar-refractivity contribution in [2.24, 2.45) is 0 Å². The molecule has 3 N–H and O–H groups in total. The first-order valence-corrected chi connectivity index (χ1v) is 11.2. The lowest BCUT2D eigenvalue weighted by atomic mass is 10.00. The Balaban J connectivity index is 1.61. The summed E-state index contributed by atoms with van der Waals surface area (Å²) in [4.78, 5) is 21.4. The van der Waals surface area contributed by atoms with E-state index in [-0.39, 0.29) is 12.1 Å². The maximum Gasteiger partial charge on any atom is 0.320 e. The molecule has 34 heavy (non-hydrogen) atoms. The zero-order chi connectivity index (χ0) is 23.7. The normalized spacial score (nSPS) is 15.3. The van der Waals surface area contributed by atoms with Crippen molar-refractivity contribution >= 4 is 29.1 Å². The number of nitrogens with one attached hydrogen (secondary N) is 3. The molecule has 10 heteroatoms. The van der Waals surface area contributed by atoms with Crippen LogP contribution in [0.3, 0.4) is 0 Å². The smallest absolute Gasteiger partial charge is 0.320 e. The second-order valence-electron chi connectivity index (χ2n) is 8.11. The number of nitrogens with zero attached hydrogens (tertiary/aromatic N) is 5. The van der Waals surface area contributed by atoms with Crippen LogP contribution >= 0.6 is 11.6 Å². The first kappa shape index (κ1) is 21.8. The summed E-state index contributed by atoms with van der Waals surface area (Å²) in [5.74, 6) is 0.395. The Morgan fingerprint density at radius 2 is 2.12 bits per heavy atom. The molecule has 9 nitrogen and oxygen atoms in total. The van der Waals surface area contributed by atoms with Gasteiger partial charge in [-0.3, -0.25) is 5.32 Å². The summed E-state index contributed by atoms with van der Waals surface area (Å²) in [5.41, 5.74) is 4.74. The molecule has 1 fully saturated rings. The van der Waals surface area contributed by atoms with Gasteiger partial charge in [0.25, 0.3) is 0 Å². The molecule has 1 aromatic carbocycles. The Bertz CT molecular complexity index is 1410. The van der Waals surface area contributed by atoms with Gasteiger partial charge < -0.3 is 10.6 Å². The predicted octanol–water partition coefficient (Wildman–Crippen LogP) is 3.78. The van der Waals surface area contributed by atoms with Gasteiger partial charge in [-0.2, -0.15) is 10.4 Å². The molecule has 170 valence electrons. The molecule has 4 heterocycles. The molecule has 5 rings (SSSR count). The molecular weight excluding hydrogens is 452 g/mol. The molecule has 0 aliphatic carbocycles. The first-order valence-electron chi connectivity index (χ1n) is 10.8. The van der Waals surface area contributed by atoms with Gasteiger partial charge >= 0.3 is 6.03 Å². The van der Waals surface area contributed by atoms with E-state index in [0.717, 1.165) is 41.9 Å². The third-order valence-corrected chi connectivity index (χ3v) is 5.79. The van der Waals surface area contributed by atoms with Crippen molar-refractivity contribution in [3.8, 4) is 28.5 Å². The van der Waals surface area contributed by atoms with Gasteiger partial charge in [0.2, 0.25) is 0 Å². The fraction of sp³-hybridized carbons (Fsp3) is 0.208. The molecule has 1 saturated heterocycles. The van der Waals surface area contributed by atoms with E-state index >= 15 is 0 Å². The molecule has 2 amide bonds. The molecule has 0 unspecified atom stereocenters. The summed E-state index contributed by atoms with van der Waals surface area (Å²) >= 11 is 6.27. The summed E-state index contributed by atoms with van der Waals surface area (Å²) in [6.07, 6.45) is 2.63. The minimum absolute atomic E-state index is 0.0928. The number of hydrogen-bond acceptors (Lipinski definition) is 6. The van der Waals surface area contributed by atoms with Crippen molar-refractivity contribution in [1.29, 1.82) is 5.26 Å². The Kier molecular flexibility index (Phi) is 5.84. The third-order valence-electron chi connectivity index (χ3n) is 5.60. The minimum Gasteiger partial charge on any atom is -0.334 e. The van der Waals surface area contributed by atoms with Crippen molar-refractivity contribution in [1.82, 2.24) is 30.2 Å². The van der Waals surface area contributed by atoms with Crippen LogP contribution in [0, 0.1) is 18.3 Å². The van der Waals surface area contributed by atoms with Crippen molar-refractivity contribution in [2.75, 3.05) is 18.4 Å². The van der Waals surface area contributed by atoms with Crippen LogP contribution in [0.15, 0.2) is 48.7 Å². The van der Waals surface area contributed by atoms with E-state index < -0.39 is 0 Å². The van der Waals surface area contributed by atoms with E-state index in [2.05, 4.69) is 27.0 Å². The topological polar surface area (TPSA) is 120 Å². The Hall–Kier alpha value is -4.00. The SMILES string of the molecule is Cc1cc(-c2c(-c3cccc(C#N)c3)nn3ccc(NC(=O)N[C@H]4CCNC4)nc23)cc(Cl)n1. The lowest BCUT2D eigenvalue weighted by molar-refractivity contribution is 0.249. The van der Waals surface area contributed by atoms with Crippen molar-refractivity contribution in [3.05, 3.63) is 65.1 Å². The second-order valence-corrected chi connectivity index (χ2v) is 8.49. The molecule has 4 aromatic rings. The van der Waals surface area contributed by atoms with Crippen molar-refractivity contribution in [2.45, 2.75) is 19.4 Å². The minimum atomic E-state index is -0.309. The molecule has 3 aromatic heterocycles. The molecular formula is C24H21ClN8O. The Labute approximate surface area is 200 Å². The van der Waals surface area contributed by atoms with Gasteiger partial charge in [-0.15, -0.1) is 0 Å². The number of fused-ring (bicyclic) bond motifs is 1. The molecule has 1 aliphatic heterocycles. The molecule has 0 spiro atoms. The number of halogens is 1. The monoisotopic (exact) mass is 472 g/mol. The van der Waals surface area contributed by atoms with E-state index in [4.69, 9.17) is 21.7 Å². The predicted molar refractivity (Wildman–Crippen MR) is 130 cm³/mol. The number of aromatic nitrogens is 4. The fourth-order valence-electron chi connectivity index (χ4n) is 4.09. The highest BCUT2D eigenvalue weighted by atomic mass is 35.5. The average Bonchev–Trinajstić information content (AvgIpc) is 3.46. The van der Waals surface area contributed by atoms with Gasteiger partial charge in [0.15, 0.2) is 5.65 Å². The van der Waals surface area contributed by atoms with E-state index in [9.17, 15) is 10.1 Å². The van der Waals surface area contributed by atoms with E-state index in [1.807, 2.05) is 25.1 Å². The van der Waals surface area contributed by atoms with E-state index in [1.54, 1.807) is 35.0 Å². The van der Waals surface area contributed by atoms with Crippen LogP contribution in [-0.4, -0.2) is 44.7 Å². The van der Waals surface area contributed by atoms with Gasteiger partial charge in [-0.25, -0.2) is 19.3 Å². The summed E-state index contributed by atoms with van der Waals surface area (Å²) in [7, 11) is 0. The van der Waals surface area contributed by atoms with Crippen LogP contribution in [0.5, 0.6) is 0 Å². The quantitative estimate of drug-likeness (QED) is 0.389. The maximum atomic E-state index is 12.5. The Morgan fingerprint density at radius 3 is 2.88 bits per heavy atom. The number of rotatable bonds is 4. The number of benzene rings is 1. The lowest BCUT2D eigenvalue weighted by Crippen LogP contribution is -2.39. The summed E-state index contributed by atoms with van der Waals surface area (Å²) < 4.78 is 1.65. The highest BCUT2D eigenvalue weighted by Crippen LogP contribution is 2.36. The molecule has 0 saturated carbocycles. The van der Waals surface area contributed by atoms with Gasteiger partial charge in [0.05, 0.1) is 17.2 Å². The van der Waals surface area contributed by atoms with Gasteiger partial charge in [0.1, 0.15) is 16.7 Å². The largest absolute Gasteiger partial charge is 0.334 e. The summed E-state index contributed by atoms with van der Waals surface area (Å²) in [6, 6.07) is 14.5. The number of amides is 2. The number of pyridine rings is 1. The van der Waals surface area contributed by atoms with E-state index in [0.29, 0.717) is 27.9 Å². The maximum absolute atomic E-state index is 12.5. The highest BCUT2D eigenvalue weighted by Gasteiger charge is 2.21.